The van der Waals surface area contributed by atoms with Gasteiger partial charge in [0.25, 0.3) is 0 Å². The maximum atomic E-state index is 12.6. The predicted molar refractivity (Wildman–Crippen MR) is 108 cm³/mol. The van der Waals surface area contributed by atoms with Gasteiger partial charge in [-0.3, -0.25) is 4.79 Å². The molecule has 0 aliphatic heterocycles. The minimum Gasteiger partial charge on any atom is -0.444 e. The molecule has 29 heavy (non-hydrogen) atoms. The summed E-state index contributed by atoms with van der Waals surface area (Å²) in [5, 5.41) is 17.0. The van der Waals surface area contributed by atoms with E-state index in [0.29, 0.717) is 11.7 Å². The summed E-state index contributed by atoms with van der Waals surface area (Å²) in [7, 11) is 0. The third kappa shape index (κ3) is 7.89. The van der Waals surface area contributed by atoms with Gasteiger partial charge < -0.3 is 15.4 Å². The molecule has 0 saturated carbocycles. The van der Waals surface area contributed by atoms with Crippen LogP contribution in [0.3, 0.4) is 0 Å². The van der Waals surface area contributed by atoms with Crippen molar-refractivity contribution < 1.29 is 14.3 Å². The number of carbonyl (C=O) groups is 2. The fourth-order valence-electron chi connectivity index (χ4n) is 2.75. The van der Waals surface area contributed by atoms with Crippen LogP contribution < -0.4 is 10.6 Å². The Morgan fingerprint density at radius 2 is 1.86 bits per heavy atom. The van der Waals surface area contributed by atoms with Gasteiger partial charge in [0.1, 0.15) is 12.1 Å². The Balaban J connectivity index is 1.96. The van der Waals surface area contributed by atoms with Gasteiger partial charge >= 0.3 is 6.09 Å². The zero-order valence-corrected chi connectivity index (χ0v) is 17.7. The summed E-state index contributed by atoms with van der Waals surface area (Å²) in [5.74, 6) is 0.582. The van der Waals surface area contributed by atoms with Crippen LogP contribution >= 0.6 is 0 Å². The zero-order chi connectivity index (χ0) is 21.4. The molecular weight excluding hydrogens is 372 g/mol. The first-order chi connectivity index (χ1) is 13.6. The average molecular weight is 402 g/mol. The van der Waals surface area contributed by atoms with Gasteiger partial charge in [-0.25, -0.2) is 9.48 Å². The number of alkyl carbamates (subject to hydrolysis) is 1. The molecule has 0 aliphatic carbocycles. The van der Waals surface area contributed by atoms with E-state index in [-0.39, 0.29) is 25.0 Å². The van der Waals surface area contributed by atoms with Crippen molar-refractivity contribution in [1.82, 2.24) is 30.8 Å². The molecule has 1 aromatic heterocycles. The molecular formula is C20H30N6O3. The Kier molecular flexibility index (Phi) is 7.69. The number of carbonyl (C=O) groups excluding carboxylic acids is 2. The Morgan fingerprint density at radius 1 is 1.17 bits per heavy atom. The standard InChI is InChI=1S/C20H30N6O3/c1-14(2)11-16(15-9-7-6-8-10-15)22-18(27)13-26-17(23-24-25-26)12-21-19(28)29-20(3,4)5/h6-10,14,16H,11-13H2,1-5H3,(H,21,28)(H,22,27)/t16-/m0/s1. The van der Waals surface area contributed by atoms with Crippen molar-refractivity contribution >= 4 is 12.0 Å². The largest absolute Gasteiger partial charge is 0.444 e. The number of nitrogens with zero attached hydrogens (tertiary/aromatic N) is 4. The van der Waals surface area contributed by atoms with Crippen LogP contribution in [0.25, 0.3) is 0 Å². The van der Waals surface area contributed by atoms with Crippen molar-refractivity contribution in [2.75, 3.05) is 0 Å². The van der Waals surface area contributed by atoms with Crippen molar-refractivity contribution in [3.05, 3.63) is 41.7 Å². The second-order valence-electron chi connectivity index (χ2n) is 8.27. The van der Waals surface area contributed by atoms with Crippen molar-refractivity contribution in [2.24, 2.45) is 5.92 Å². The van der Waals surface area contributed by atoms with Crippen molar-refractivity contribution in [3.63, 3.8) is 0 Å². The lowest BCUT2D eigenvalue weighted by molar-refractivity contribution is -0.122. The fourth-order valence-corrected chi connectivity index (χ4v) is 2.75. The van der Waals surface area contributed by atoms with Gasteiger partial charge in [0.05, 0.1) is 12.6 Å². The number of amides is 2. The van der Waals surface area contributed by atoms with E-state index in [1.165, 1.54) is 4.68 Å². The summed E-state index contributed by atoms with van der Waals surface area (Å²) in [6, 6.07) is 9.76. The third-order valence-corrected chi connectivity index (χ3v) is 3.93. The highest BCUT2D eigenvalue weighted by atomic mass is 16.6. The lowest BCUT2D eigenvalue weighted by atomic mass is 9.97. The van der Waals surface area contributed by atoms with Gasteiger partial charge in [-0.05, 0) is 49.1 Å². The quantitative estimate of drug-likeness (QED) is 0.702. The summed E-state index contributed by atoms with van der Waals surface area (Å²) < 4.78 is 6.55. The highest BCUT2D eigenvalue weighted by Crippen LogP contribution is 2.21. The smallest absolute Gasteiger partial charge is 0.408 e. The molecule has 0 saturated heterocycles. The first kappa shape index (κ1) is 22.3. The molecule has 1 aromatic carbocycles. The van der Waals surface area contributed by atoms with Gasteiger partial charge in [-0.2, -0.15) is 0 Å². The molecule has 1 heterocycles. The summed E-state index contributed by atoms with van der Waals surface area (Å²) in [5.41, 5.74) is 0.455. The van der Waals surface area contributed by atoms with Crippen molar-refractivity contribution in [2.45, 2.75) is 65.8 Å². The molecule has 158 valence electrons. The van der Waals surface area contributed by atoms with Crippen LogP contribution in [0.2, 0.25) is 0 Å². The van der Waals surface area contributed by atoms with E-state index in [1.807, 2.05) is 30.3 Å². The van der Waals surface area contributed by atoms with Gasteiger partial charge in [0, 0.05) is 0 Å². The number of benzene rings is 1. The Morgan fingerprint density at radius 3 is 2.48 bits per heavy atom. The maximum absolute atomic E-state index is 12.6. The number of rotatable bonds is 8. The number of tetrazole rings is 1. The van der Waals surface area contributed by atoms with Crippen LogP contribution in [0.4, 0.5) is 4.79 Å². The first-order valence-corrected chi connectivity index (χ1v) is 9.70. The molecule has 9 heteroatoms. The minimum absolute atomic E-state index is 0.0419. The Hall–Kier alpha value is -2.97. The number of hydrogen-bond acceptors (Lipinski definition) is 6. The van der Waals surface area contributed by atoms with E-state index < -0.39 is 11.7 Å². The lowest BCUT2D eigenvalue weighted by Crippen LogP contribution is -2.35. The van der Waals surface area contributed by atoms with Crippen LogP contribution in [0.15, 0.2) is 30.3 Å². The van der Waals surface area contributed by atoms with Crippen LogP contribution in [-0.4, -0.2) is 37.8 Å². The normalized spacial score (nSPS) is 12.5. The summed E-state index contributed by atoms with van der Waals surface area (Å²) >= 11 is 0. The molecule has 0 unspecified atom stereocenters. The van der Waals surface area contributed by atoms with Gasteiger partial charge in [-0.1, -0.05) is 44.2 Å². The van der Waals surface area contributed by atoms with E-state index in [4.69, 9.17) is 4.74 Å². The van der Waals surface area contributed by atoms with Crippen LogP contribution in [0.5, 0.6) is 0 Å². The summed E-state index contributed by atoms with van der Waals surface area (Å²) in [6.45, 7) is 9.58. The number of hydrogen-bond donors (Lipinski definition) is 2. The highest BCUT2D eigenvalue weighted by molar-refractivity contribution is 5.76. The third-order valence-electron chi connectivity index (χ3n) is 3.93. The Labute approximate surface area is 171 Å². The van der Waals surface area contributed by atoms with E-state index in [2.05, 4.69) is 40.0 Å². The molecule has 0 fully saturated rings. The molecule has 2 aromatic rings. The van der Waals surface area contributed by atoms with Crippen molar-refractivity contribution in [3.8, 4) is 0 Å². The zero-order valence-electron chi connectivity index (χ0n) is 17.7. The van der Waals surface area contributed by atoms with Gasteiger partial charge in [-0.15, -0.1) is 5.10 Å². The van der Waals surface area contributed by atoms with Gasteiger partial charge in [0.2, 0.25) is 5.91 Å². The van der Waals surface area contributed by atoms with Crippen LogP contribution in [0, 0.1) is 5.92 Å². The molecule has 2 N–H and O–H groups in total. The lowest BCUT2D eigenvalue weighted by Gasteiger charge is -2.21. The number of nitrogens with one attached hydrogen (secondary N) is 2. The molecule has 0 radical (unpaired) electrons. The summed E-state index contributed by atoms with van der Waals surface area (Å²) in [4.78, 5) is 24.4. The molecule has 1 atom stereocenters. The van der Waals surface area contributed by atoms with Crippen molar-refractivity contribution in [1.29, 1.82) is 0 Å². The second kappa shape index (κ2) is 9.99. The molecule has 2 rings (SSSR count). The topological polar surface area (TPSA) is 111 Å². The maximum Gasteiger partial charge on any atom is 0.408 e. The monoisotopic (exact) mass is 402 g/mol. The fraction of sp³-hybridized carbons (Fsp3) is 0.550. The number of ether oxygens (including phenoxy) is 1. The molecule has 0 spiro atoms. The van der Waals surface area contributed by atoms with E-state index in [0.717, 1.165) is 12.0 Å². The molecule has 0 bridgehead atoms. The second-order valence-corrected chi connectivity index (χ2v) is 8.27. The van der Waals surface area contributed by atoms with Crippen LogP contribution in [-0.2, 0) is 22.6 Å². The highest BCUT2D eigenvalue weighted by Gasteiger charge is 2.19. The average Bonchev–Trinajstić information content (AvgIpc) is 3.05. The number of aromatic nitrogens is 4. The summed E-state index contributed by atoms with van der Waals surface area (Å²) in [6.07, 6.45) is 0.246. The predicted octanol–water partition coefficient (Wildman–Crippen LogP) is 2.60. The minimum atomic E-state index is -0.598. The van der Waals surface area contributed by atoms with E-state index in [9.17, 15) is 9.59 Å². The van der Waals surface area contributed by atoms with Crippen LogP contribution in [0.1, 0.15) is 58.5 Å². The van der Waals surface area contributed by atoms with Gasteiger partial charge in [0.15, 0.2) is 5.82 Å². The Bertz CT molecular complexity index is 798. The van der Waals surface area contributed by atoms with E-state index in [1.54, 1.807) is 20.8 Å². The first-order valence-electron chi connectivity index (χ1n) is 9.70. The van der Waals surface area contributed by atoms with E-state index >= 15 is 0 Å². The SMILES string of the molecule is CC(C)C[C@H](NC(=O)Cn1nnnc1CNC(=O)OC(C)(C)C)c1ccccc1. The molecule has 9 nitrogen and oxygen atoms in total. The molecule has 0 aliphatic rings. The molecule has 2 amide bonds.